The van der Waals surface area contributed by atoms with Crippen molar-refractivity contribution in [1.82, 2.24) is 0 Å². The molecule has 4 rings (SSSR count). The molecule has 0 spiro atoms. The molecule has 0 amide bonds. The molecule has 3 fully saturated rings. The Balaban J connectivity index is 1.61. The van der Waals surface area contributed by atoms with Crippen LogP contribution in [-0.4, -0.2) is 12.1 Å². The summed E-state index contributed by atoms with van der Waals surface area (Å²) in [5, 5.41) is 0. The molecule has 0 bridgehead atoms. The number of rotatable bonds is 1. The number of carbonyl (C=O) groups excluding carboxylic acids is 1. The number of ether oxygens (including phenoxy) is 1. The topological polar surface area (TPSA) is 26.3 Å². The Morgan fingerprint density at radius 3 is 2.62 bits per heavy atom. The van der Waals surface area contributed by atoms with Gasteiger partial charge in [0.2, 0.25) is 0 Å². The average Bonchev–Trinajstić information content (AvgIpc) is 2.84. The van der Waals surface area contributed by atoms with Gasteiger partial charge in [0.15, 0.2) is 0 Å². The van der Waals surface area contributed by atoms with E-state index in [9.17, 15) is 4.79 Å². The fourth-order valence-electron chi connectivity index (χ4n) is 7.25. The third-order valence-electron chi connectivity index (χ3n) is 8.56. The second-order valence-electron chi connectivity index (χ2n) is 9.76. The number of carbonyl (C=O) groups is 1. The molecule has 0 heterocycles. The normalized spacial score (nSPS) is 50.3. The van der Waals surface area contributed by atoms with Crippen molar-refractivity contribution in [3.05, 3.63) is 11.6 Å². The lowest BCUT2D eigenvalue weighted by atomic mass is 9.47. The molecule has 2 heteroatoms. The molecule has 0 saturated heterocycles. The van der Waals surface area contributed by atoms with E-state index in [0.29, 0.717) is 5.41 Å². The van der Waals surface area contributed by atoms with E-state index in [0.717, 1.165) is 30.1 Å². The van der Waals surface area contributed by atoms with Gasteiger partial charge in [-0.1, -0.05) is 32.4 Å². The maximum atomic E-state index is 11.5. The summed E-state index contributed by atoms with van der Waals surface area (Å²) in [6, 6.07) is 0. The predicted molar refractivity (Wildman–Crippen MR) is 96.4 cm³/mol. The number of allylic oxidation sites excluding steroid dienone is 2. The molecule has 24 heavy (non-hydrogen) atoms. The molecule has 4 aliphatic rings. The molecule has 0 aromatic rings. The van der Waals surface area contributed by atoms with Crippen LogP contribution in [0.15, 0.2) is 11.6 Å². The first-order chi connectivity index (χ1) is 11.3. The average molecular weight is 331 g/mol. The molecule has 0 aromatic heterocycles. The van der Waals surface area contributed by atoms with E-state index < -0.39 is 0 Å². The fourth-order valence-corrected chi connectivity index (χ4v) is 7.25. The van der Waals surface area contributed by atoms with Crippen molar-refractivity contribution >= 4 is 5.97 Å². The number of hydrogen-bond acceptors (Lipinski definition) is 2. The largest absolute Gasteiger partial charge is 0.462 e. The molecular weight excluding hydrogens is 296 g/mol. The van der Waals surface area contributed by atoms with Crippen LogP contribution >= 0.6 is 0 Å². The van der Waals surface area contributed by atoms with Crippen LogP contribution in [0.25, 0.3) is 0 Å². The molecular formula is C22H34O2. The summed E-state index contributed by atoms with van der Waals surface area (Å²) in [6.07, 6.45) is 13.1. The zero-order valence-electron chi connectivity index (χ0n) is 15.9. The van der Waals surface area contributed by atoms with Crippen LogP contribution in [0.4, 0.5) is 0 Å². The number of esters is 1. The first kappa shape index (κ1) is 16.7. The van der Waals surface area contributed by atoms with E-state index in [-0.39, 0.29) is 17.5 Å². The molecule has 2 nitrogen and oxygen atoms in total. The van der Waals surface area contributed by atoms with E-state index in [1.54, 1.807) is 12.5 Å². The van der Waals surface area contributed by atoms with Crippen LogP contribution in [-0.2, 0) is 9.53 Å². The molecule has 7 atom stereocenters. The summed E-state index contributed by atoms with van der Waals surface area (Å²) in [5.41, 5.74) is 2.46. The molecule has 4 aliphatic carbocycles. The second-order valence-corrected chi connectivity index (χ2v) is 9.76. The van der Waals surface area contributed by atoms with Crippen molar-refractivity contribution in [2.75, 3.05) is 0 Å². The summed E-state index contributed by atoms with van der Waals surface area (Å²) in [5.74, 6) is 3.15. The first-order valence-electron chi connectivity index (χ1n) is 10.2. The minimum absolute atomic E-state index is 0.0916. The van der Waals surface area contributed by atoms with Gasteiger partial charge >= 0.3 is 5.97 Å². The van der Waals surface area contributed by atoms with E-state index in [1.807, 2.05) is 0 Å². The third kappa shape index (κ3) is 2.31. The highest BCUT2D eigenvalue weighted by Gasteiger charge is 2.59. The minimum atomic E-state index is -0.0916. The van der Waals surface area contributed by atoms with Gasteiger partial charge < -0.3 is 4.74 Å². The van der Waals surface area contributed by atoms with Gasteiger partial charge in [0.05, 0.1) is 0 Å². The van der Waals surface area contributed by atoms with Crippen LogP contribution in [0, 0.1) is 34.5 Å². The smallest absolute Gasteiger partial charge is 0.302 e. The second kappa shape index (κ2) is 5.61. The third-order valence-corrected chi connectivity index (χ3v) is 8.56. The SMILES string of the molecule is CC(=O)OC1CCC2C3CCC4=C[C@@H](C)CCC4(C)C3CCC12C. The zero-order valence-corrected chi connectivity index (χ0v) is 15.9. The Hall–Kier alpha value is -0.790. The Kier molecular flexibility index (Phi) is 3.89. The molecule has 0 aromatic carbocycles. The van der Waals surface area contributed by atoms with Crippen LogP contribution in [0.3, 0.4) is 0 Å². The highest BCUT2D eigenvalue weighted by Crippen LogP contribution is 2.65. The maximum Gasteiger partial charge on any atom is 0.302 e. The molecule has 6 unspecified atom stereocenters. The summed E-state index contributed by atoms with van der Waals surface area (Å²) >= 11 is 0. The van der Waals surface area contributed by atoms with E-state index in [2.05, 4.69) is 26.8 Å². The fraction of sp³-hybridized carbons (Fsp3) is 0.864. The lowest BCUT2D eigenvalue weighted by Gasteiger charge is -2.58. The van der Waals surface area contributed by atoms with Gasteiger partial charge in [-0.2, -0.15) is 0 Å². The molecule has 134 valence electrons. The van der Waals surface area contributed by atoms with E-state index in [4.69, 9.17) is 4.74 Å². The summed E-state index contributed by atoms with van der Waals surface area (Å²) in [4.78, 5) is 11.5. The van der Waals surface area contributed by atoms with Crippen molar-refractivity contribution in [3.63, 3.8) is 0 Å². The van der Waals surface area contributed by atoms with Crippen LogP contribution < -0.4 is 0 Å². The number of hydrogen-bond donors (Lipinski definition) is 0. The first-order valence-corrected chi connectivity index (χ1v) is 10.2. The van der Waals surface area contributed by atoms with Crippen LogP contribution in [0.1, 0.15) is 79.1 Å². The standard InChI is InChI=1S/C22H34O2/c1-14-9-11-21(3)16(13-14)5-6-17-18-7-8-20(24-15(2)23)22(18,4)12-10-19(17)21/h13-14,17-20H,5-12H2,1-4H3/t14-,17?,18?,19?,20?,21?,22?/m0/s1. The van der Waals surface area contributed by atoms with Crippen molar-refractivity contribution in [2.24, 2.45) is 34.5 Å². The van der Waals surface area contributed by atoms with Crippen molar-refractivity contribution < 1.29 is 9.53 Å². The quantitative estimate of drug-likeness (QED) is 0.467. The Bertz CT molecular complexity index is 564. The zero-order chi connectivity index (χ0) is 17.1. The van der Waals surface area contributed by atoms with Gasteiger partial charge in [-0.05, 0) is 80.5 Å². The predicted octanol–water partition coefficient (Wildman–Crippen LogP) is 5.52. The van der Waals surface area contributed by atoms with Crippen LogP contribution in [0.2, 0.25) is 0 Å². The van der Waals surface area contributed by atoms with Crippen molar-refractivity contribution in [3.8, 4) is 0 Å². The van der Waals surface area contributed by atoms with Gasteiger partial charge in [0, 0.05) is 12.3 Å². The van der Waals surface area contributed by atoms with E-state index >= 15 is 0 Å². The van der Waals surface area contributed by atoms with Gasteiger partial charge in [-0.15, -0.1) is 0 Å². The highest BCUT2D eigenvalue weighted by molar-refractivity contribution is 5.66. The molecule has 3 saturated carbocycles. The molecule has 0 aliphatic heterocycles. The Morgan fingerprint density at radius 2 is 1.88 bits per heavy atom. The summed E-state index contributed by atoms with van der Waals surface area (Å²) < 4.78 is 5.76. The number of fused-ring (bicyclic) bond motifs is 5. The van der Waals surface area contributed by atoms with Gasteiger partial charge in [-0.3, -0.25) is 4.79 Å². The van der Waals surface area contributed by atoms with Crippen LogP contribution in [0.5, 0.6) is 0 Å². The van der Waals surface area contributed by atoms with Gasteiger partial charge in [0.25, 0.3) is 0 Å². The Morgan fingerprint density at radius 1 is 1.08 bits per heavy atom. The van der Waals surface area contributed by atoms with Gasteiger partial charge in [0.1, 0.15) is 6.10 Å². The summed E-state index contributed by atoms with van der Waals surface area (Å²) in [7, 11) is 0. The Labute approximate surface area is 147 Å². The van der Waals surface area contributed by atoms with Crippen molar-refractivity contribution in [2.45, 2.75) is 85.2 Å². The highest BCUT2D eigenvalue weighted by atomic mass is 16.5. The minimum Gasteiger partial charge on any atom is -0.462 e. The molecule has 0 N–H and O–H groups in total. The van der Waals surface area contributed by atoms with Gasteiger partial charge in [-0.25, -0.2) is 0 Å². The lowest BCUT2D eigenvalue weighted by Crippen LogP contribution is -2.51. The van der Waals surface area contributed by atoms with E-state index in [1.165, 1.54) is 44.9 Å². The summed E-state index contributed by atoms with van der Waals surface area (Å²) in [6.45, 7) is 8.95. The lowest BCUT2D eigenvalue weighted by molar-refractivity contribution is -0.157. The monoisotopic (exact) mass is 330 g/mol. The maximum absolute atomic E-state index is 11.5. The van der Waals surface area contributed by atoms with Crippen molar-refractivity contribution in [1.29, 1.82) is 0 Å². The molecule has 0 radical (unpaired) electrons.